The van der Waals surface area contributed by atoms with Gasteiger partial charge >= 0.3 is 0 Å². The van der Waals surface area contributed by atoms with Gasteiger partial charge in [-0.2, -0.15) is 0 Å². The molecule has 1 aliphatic heterocycles. The maximum atomic E-state index is 14.3. The number of methoxy groups -OCH3 is 1. The molecule has 1 saturated heterocycles. The molecule has 2 aliphatic rings. The van der Waals surface area contributed by atoms with E-state index in [9.17, 15) is 13.6 Å². The zero-order chi connectivity index (χ0) is 18.2. The molecule has 0 bridgehead atoms. The van der Waals surface area contributed by atoms with Crippen LogP contribution in [0.3, 0.4) is 0 Å². The van der Waals surface area contributed by atoms with Gasteiger partial charge in [-0.3, -0.25) is 4.79 Å². The third-order valence-electron chi connectivity index (χ3n) is 5.31. The van der Waals surface area contributed by atoms with E-state index < -0.39 is 17.2 Å². The average molecular weight is 352 g/mol. The summed E-state index contributed by atoms with van der Waals surface area (Å²) in [4.78, 5) is 12.1. The molecule has 6 heteroatoms. The Morgan fingerprint density at radius 1 is 1.36 bits per heavy atom. The van der Waals surface area contributed by atoms with Crippen molar-refractivity contribution in [3.05, 3.63) is 41.2 Å². The Kier molecular flexibility index (Phi) is 4.82. The molecule has 0 unspecified atom stereocenters. The first-order chi connectivity index (χ1) is 11.9. The number of hydrogen-bond acceptors (Lipinski definition) is 4. The Bertz CT molecular complexity index is 716. The molecule has 0 N–H and O–H groups in total. The third kappa shape index (κ3) is 3.03. The normalized spacial score (nSPS) is 26.7. The first-order valence-corrected chi connectivity index (χ1v) is 8.46. The topological polar surface area (TPSA) is 44.8 Å². The highest BCUT2D eigenvalue weighted by Gasteiger charge is 2.51. The fourth-order valence-corrected chi connectivity index (χ4v) is 3.74. The van der Waals surface area contributed by atoms with Crippen LogP contribution in [0.2, 0.25) is 0 Å². The number of rotatable bonds is 5. The highest BCUT2D eigenvalue weighted by Crippen LogP contribution is 2.46. The summed E-state index contributed by atoms with van der Waals surface area (Å²) in [6.45, 7) is 3.93. The van der Waals surface area contributed by atoms with Gasteiger partial charge in [-0.05, 0) is 36.8 Å². The summed E-state index contributed by atoms with van der Waals surface area (Å²) >= 11 is 0. The maximum Gasteiger partial charge on any atom is 0.189 e. The maximum absolute atomic E-state index is 14.3. The summed E-state index contributed by atoms with van der Waals surface area (Å²) in [5.41, 5.74) is -0.516. The van der Waals surface area contributed by atoms with Crippen LogP contribution in [0, 0.1) is 23.5 Å². The lowest BCUT2D eigenvalue weighted by Crippen LogP contribution is -2.44. The van der Waals surface area contributed by atoms with Crippen LogP contribution in [-0.2, 0) is 20.7 Å². The van der Waals surface area contributed by atoms with E-state index in [1.165, 1.54) is 13.2 Å². The van der Waals surface area contributed by atoms with Gasteiger partial charge in [-0.25, -0.2) is 8.78 Å². The monoisotopic (exact) mass is 352 g/mol. The molecule has 1 aliphatic carbocycles. The predicted molar refractivity (Wildman–Crippen MR) is 87.0 cm³/mol. The molecule has 0 spiro atoms. The molecule has 0 amide bonds. The number of carbonyl (C=O) groups excluding carboxylic acids is 1. The van der Waals surface area contributed by atoms with E-state index in [2.05, 4.69) is 0 Å². The Morgan fingerprint density at radius 2 is 2.12 bits per heavy atom. The van der Waals surface area contributed by atoms with Gasteiger partial charge in [-0.15, -0.1) is 0 Å². The van der Waals surface area contributed by atoms with Gasteiger partial charge < -0.3 is 14.2 Å². The SMILES string of the molecule is CC[C@H]1C[C@]2([C@@H](C)Cc3cc(F)c(OC)cc3F)OCOC2=CC1=O. The van der Waals surface area contributed by atoms with Gasteiger partial charge in [-0.1, -0.05) is 13.8 Å². The summed E-state index contributed by atoms with van der Waals surface area (Å²) in [5.74, 6) is -1.05. The van der Waals surface area contributed by atoms with Crippen LogP contribution < -0.4 is 4.74 Å². The molecule has 136 valence electrons. The van der Waals surface area contributed by atoms with E-state index in [0.717, 1.165) is 12.1 Å². The molecule has 3 atom stereocenters. The molecule has 1 aromatic carbocycles. The molecular weight excluding hydrogens is 330 g/mol. The fraction of sp³-hybridized carbons (Fsp3) is 0.526. The van der Waals surface area contributed by atoms with Crippen molar-refractivity contribution in [3.8, 4) is 5.75 Å². The Morgan fingerprint density at radius 3 is 2.80 bits per heavy atom. The summed E-state index contributed by atoms with van der Waals surface area (Å²) in [6.07, 6.45) is 2.96. The van der Waals surface area contributed by atoms with Gasteiger partial charge in [0.25, 0.3) is 0 Å². The second kappa shape index (κ2) is 6.75. The largest absolute Gasteiger partial charge is 0.494 e. The number of allylic oxidation sites excluding steroid dienone is 1. The molecule has 0 saturated carbocycles. The Balaban J connectivity index is 1.90. The predicted octanol–water partition coefficient (Wildman–Crippen LogP) is 3.78. The van der Waals surface area contributed by atoms with Gasteiger partial charge in [0, 0.05) is 18.1 Å². The minimum absolute atomic E-state index is 0.0347. The van der Waals surface area contributed by atoms with E-state index in [1.54, 1.807) is 0 Å². The smallest absolute Gasteiger partial charge is 0.189 e. The van der Waals surface area contributed by atoms with Crippen molar-refractivity contribution in [2.24, 2.45) is 11.8 Å². The van der Waals surface area contributed by atoms with Crippen LogP contribution in [0.4, 0.5) is 8.78 Å². The van der Waals surface area contributed by atoms with Crippen LogP contribution >= 0.6 is 0 Å². The Labute approximate surface area is 145 Å². The van der Waals surface area contributed by atoms with Crippen molar-refractivity contribution >= 4 is 5.78 Å². The molecule has 0 radical (unpaired) electrons. The molecule has 1 heterocycles. The standard InChI is InChI=1S/C19H22F2O4/c1-4-12-9-19(18(8-16(12)22)24-10-25-19)11(2)5-13-6-15(21)17(23-3)7-14(13)20/h6-8,11-12H,4-5,9-10H2,1-3H3/t11-,12-,19+/m0/s1. The van der Waals surface area contributed by atoms with E-state index >= 15 is 0 Å². The van der Waals surface area contributed by atoms with Gasteiger partial charge in [0.2, 0.25) is 0 Å². The second-order valence-corrected chi connectivity index (χ2v) is 6.70. The van der Waals surface area contributed by atoms with Crippen molar-refractivity contribution in [2.75, 3.05) is 13.9 Å². The van der Waals surface area contributed by atoms with Crippen molar-refractivity contribution in [1.29, 1.82) is 0 Å². The molecular formula is C19H22F2O4. The van der Waals surface area contributed by atoms with Crippen LogP contribution in [0.15, 0.2) is 24.0 Å². The summed E-state index contributed by atoms with van der Waals surface area (Å²) in [6, 6.07) is 2.21. The van der Waals surface area contributed by atoms with Gasteiger partial charge in [0.15, 0.2) is 24.1 Å². The minimum atomic E-state index is -0.766. The highest BCUT2D eigenvalue weighted by molar-refractivity contribution is 5.93. The molecule has 25 heavy (non-hydrogen) atoms. The Hall–Kier alpha value is -1.95. The number of halogens is 2. The number of benzene rings is 1. The van der Waals surface area contributed by atoms with Crippen LogP contribution in [0.25, 0.3) is 0 Å². The number of carbonyl (C=O) groups is 1. The quantitative estimate of drug-likeness (QED) is 0.809. The first kappa shape index (κ1) is 17.9. The van der Waals surface area contributed by atoms with E-state index in [0.29, 0.717) is 18.6 Å². The molecule has 4 nitrogen and oxygen atoms in total. The lowest BCUT2D eigenvalue weighted by molar-refractivity contribution is -0.123. The lowest BCUT2D eigenvalue weighted by Gasteiger charge is -2.38. The number of ether oxygens (including phenoxy) is 3. The van der Waals surface area contributed by atoms with Crippen LogP contribution in [0.1, 0.15) is 32.3 Å². The van der Waals surface area contributed by atoms with Crippen LogP contribution in [-0.4, -0.2) is 25.3 Å². The van der Waals surface area contributed by atoms with E-state index in [1.807, 2.05) is 13.8 Å². The number of fused-ring (bicyclic) bond motifs is 1. The average Bonchev–Trinajstić information content (AvgIpc) is 3.00. The lowest BCUT2D eigenvalue weighted by atomic mass is 9.71. The zero-order valence-electron chi connectivity index (χ0n) is 14.6. The third-order valence-corrected chi connectivity index (χ3v) is 5.31. The fourth-order valence-electron chi connectivity index (χ4n) is 3.74. The molecule has 0 aromatic heterocycles. The molecule has 3 rings (SSSR count). The zero-order valence-corrected chi connectivity index (χ0v) is 14.6. The van der Waals surface area contributed by atoms with Gasteiger partial charge in [0.05, 0.1) is 7.11 Å². The van der Waals surface area contributed by atoms with Crippen molar-refractivity contribution < 1.29 is 27.8 Å². The molecule has 1 aromatic rings. The van der Waals surface area contributed by atoms with Gasteiger partial charge in [0.1, 0.15) is 17.2 Å². The van der Waals surface area contributed by atoms with E-state index in [-0.39, 0.29) is 42.1 Å². The second-order valence-electron chi connectivity index (χ2n) is 6.70. The van der Waals surface area contributed by atoms with E-state index in [4.69, 9.17) is 14.2 Å². The van der Waals surface area contributed by atoms with Crippen LogP contribution in [0.5, 0.6) is 5.75 Å². The van der Waals surface area contributed by atoms with Crippen molar-refractivity contribution in [2.45, 2.75) is 38.7 Å². The summed E-state index contributed by atoms with van der Waals surface area (Å²) in [7, 11) is 1.30. The molecule has 1 fully saturated rings. The summed E-state index contributed by atoms with van der Waals surface area (Å²) in [5, 5.41) is 0. The first-order valence-electron chi connectivity index (χ1n) is 8.46. The van der Waals surface area contributed by atoms with Crippen molar-refractivity contribution in [3.63, 3.8) is 0 Å². The highest BCUT2D eigenvalue weighted by atomic mass is 19.1. The number of ketones is 1. The van der Waals surface area contributed by atoms with Crippen molar-refractivity contribution in [1.82, 2.24) is 0 Å². The minimum Gasteiger partial charge on any atom is -0.494 e. The number of hydrogen-bond donors (Lipinski definition) is 0. The summed E-state index contributed by atoms with van der Waals surface area (Å²) < 4.78 is 44.5.